The second-order valence-electron chi connectivity index (χ2n) is 3.52. The molecule has 0 bridgehead atoms. The SMILES string of the molecule is Oc1ccc2c(ccc3ccccc32)p1. The maximum Gasteiger partial charge on any atom is 0.142 e. The summed E-state index contributed by atoms with van der Waals surface area (Å²) in [7, 11) is 0.904. The van der Waals surface area contributed by atoms with Crippen molar-refractivity contribution in [2.45, 2.75) is 0 Å². The van der Waals surface area contributed by atoms with Crippen LogP contribution in [0, 0.1) is 0 Å². The van der Waals surface area contributed by atoms with E-state index >= 15 is 0 Å². The fourth-order valence-electron chi connectivity index (χ4n) is 1.88. The molecule has 0 amide bonds. The molecule has 0 aliphatic rings. The van der Waals surface area contributed by atoms with E-state index in [2.05, 4.69) is 24.3 Å². The highest BCUT2D eigenvalue weighted by atomic mass is 31.0. The van der Waals surface area contributed by atoms with Crippen LogP contribution in [0.15, 0.2) is 48.5 Å². The Balaban J connectivity index is 2.55. The van der Waals surface area contributed by atoms with Crippen molar-refractivity contribution >= 4 is 29.5 Å². The highest BCUT2D eigenvalue weighted by Gasteiger charge is 2.00. The predicted molar refractivity (Wildman–Crippen MR) is 65.6 cm³/mol. The van der Waals surface area contributed by atoms with Gasteiger partial charge in [0.2, 0.25) is 0 Å². The number of aromatic hydroxyl groups is 1. The molecular formula is C13H9OP. The van der Waals surface area contributed by atoms with E-state index in [1.54, 1.807) is 6.07 Å². The van der Waals surface area contributed by atoms with Gasteiger partial charge < -0.3 is 5.11 Å². The zero-order valence-electron chi connectivity index (χ0n) is 8.01. The number of rotatable bonds is 0. The lowest BCUT2D eigenvalue weighted by molar-refractivity contribution is 0.491. The second kappa shape index (κ2) is 3.22. The Morgan fingerprint density at radius 1 is 0.800 bits per heavy atom. The van der Waals surface area contributed by atoms with Crippen LogP contribution in [0.4, 0.5) is 0 Å². The molecule has 0 saturated carbocycles. The van der Waals surface area contributed by atoms with Gasteiger partial charge in [-0.1, -0.05) is 30.3 Å². The predicted octanol–water partition coefficient (Wildman–Crippen LogP) is 4.28. The van der Waals surface area contributed by atoms with E-state index in [4.69, 9.17) is 0 Å². The van der Waals surface area contributed by atoms with Gasteiger partial charge in [-0.15, -0.1) is 0 Å². The molecule has 0 radical (unpaired) electrons. The van der Waals surface area contributed by atoms with Gasteiger partial charge in [0, 0.05) is 5.12 Å². The van der Waals surface area contributed by atoms with Crippen molar-refractivity contribution in [3.8, 4) is 5.48 Å². The Bertz CT molecular complexity index is 646. The quantitative estimate of drug-likeness (QED) is 0.551. The van der Waals surface area contributed by atoms with Crippen molar-refractivity contribution in [2.24, 2.45) is 0 Å². The summed E-state index contributed by atoms with van der Waals surface area (Å²) in [5, 5.41) is 14.4. The third-order valence-corrected chi connectivity index (χ3v) is 3.59. The molecule has 1 aromatic heterocycles. The van der Waals surface area contributed by atoms with Crippen LogP contribution in [-0.2, 0) is 0 Å². The largest absolute Gasteiger partial charge is 0.504 e. The van der Waals surface area contributed by atoms with Gasteiger partial charge in [-0.3, -0.25) is 0 Å². The van der Waals surface area contributed by atoms with Crippen molar-refractivity contribution in [1.29, 1.82) is 0 Å². The summed E-state index contributed by atoms with van der Waals surface area (Å²) >= 11 is 0. The fourth-order valence-corrected chi connectivity index (χ4v) is 2.74. The van der Waals surface area contributed by atoms with E-state index in [0.29, 0.717) is 5.48 Å². The maximum atomic E-state index is 9.45. The summed E-state index contributed by atoms with van der Waals surface area (Å²) in [5.74, 6) is 0. The highest BCUT2D eigenvalue weighted by molar-refractivity contribution is 7.39. The lowest BCUT2D eigenvalue weighted by Gasteiger charge is -2.03. The lowest BCUT2D eigenvalue weighted by atomic mass is 10.1. The van der Waals surface area contributed by atoms with Gasteiger partial charge in [-0.25, -0.2) is 0 Å². The van der Waals surface area contributed by atoms with E-state index in [-0.39, 0.29) is 0 Å². The fraction of sp³-hybridized carbons (Fsp3) is 0. The van der Waals surface area contributed by atoms with Gasteiger partial charge in [0.15, 0.2) is 0 Å². The van der Waals surface area contributed by atoms with Gasteiger partial charge in [0.05, 0.1) is 0 Å². The number of fused-ring (bicyclic) bond motifs is 3. The molecule has 0 atom stereocenters. The monoisotopic (exact) mass is 212 g/mol. The minimum absolute atomic E-state index is 0.415. The zero-order valence-corrected chi connectivity index (χ0v) is 8.91. The average Bonchev–Trinajstić information content (AvgIpc) is 2.28. The molecule has 0 spiro atoms. The van der Waals surface area contributed by atoms with Crippen LogP contribution in [-0.4, -0.2) is 5.11 Å². The topological polar surface area (TPSA) is 20.2 Å². The van der Waals surface area contributed by atoms with Crippen LogP contribution in [0.5, 0.6) is 5.48 Å². The van der Waals surface area contributed by atoms with E-state index in [0.717, 1.165) is 8.19 Å². The third-order valence-electron chi connectivity index (χ3n) is 2.58. The molecule has 0 aliphatic carbocycles. The van der Waals surface area contributed by atoms with E-state index in [1.807, 2.05) is 18.2 Å². The van der Waals surface area contributed by atoms with Gasteiger partial charge in [0.25, 0.3) is 0 Å². The van der Waals surface area contributed by atoms with Gasteiger partial charge in [0.1, 0.15) is 5.48 Å². The summed E-state index contributed by atoms with van der Waals surface area (Å²) in [6.45, 7) is 0. The van der Waals surface area contributed by atoms with Crippen LogP contribution in [0.1, 0.15) is 0 Å². The smallest absolute Gasteiger partial charge is 0.142 e. The van der Waals surface area contributed by atoms with Crippen molar-refractivity contribution < 1.29 is 5.11 Å². The van der Waals surface area contributed by atoms with E-state index in [9.17, 15) is 5.11 Å². The van der Waals surface area contributed by atoms with Crippen molar-refractivity contribution in [3.63, 3.8) is 0 Å². The van der Waals surface area contributed by atoms with Crippen LogP contribution in [0.2, 0.25) is 0 Å². The first-order valence-corrected chi connectivity index (χ1v) is 5.71. The standard InChI is InChI=1S/C13H9OP/c14-13-8-6-11-10-4-2-1-3-9(10)5-7-12(11)15-13/h1-8,14H. The Morgan fingerprint density at radius 3 is 2.60 bits per heavy atom. The van der Waals surface area contributed by atoms with Crippen LogP contribution < -0.4 is 0 Å². The number of hydrogen-bond acceptors (Lipinski definition) is 1. The Morgan fingerprint density at radius 2 is 1.67 bits per heavy atom. The van der Waals surface area contributed by atoms with Gasteiger partial charge in [-0.05, 0) is 42.6 Å². The molecular weight excluding hydrogens is 203 g/mol. The summed E-state index contributed by atoms with van der Waals surface area (Å²) in [6, 6.07) is 16.3. The van der Waals surface area contributed by atoms with Crippen molar-refractivity contribution in [2.75, 3.05) is 0 Å². The Kier molecular flexibility index (Phi) is 1.87. The molecule has 2 heteroatoms. The molecule has 1 nitrogen and oxygen atoms in total. The van der Waals surface area contributed by atoms with Crippen LogP contribution >= 0.6 is 8.19 Å². The molecule has 3 rings (SSSR count). The molecule has 0 fully saturated rings. The summed E-state index contributed by atoms with van der Waals surface area (Å²) < 4.78 is 0. The zero-order chi connectivity index (χ0) is 10.3. The maximum absolute atomic E-state index is 9.45. The molecule has 15 heavy (non-hydrogen) atoms. The molecule has 1 N–H and O–H groups in total. The van der Waals surface area contributed by atoms with Gasteiger partial charge >= 0.3 is 0 Å². The van der Waals surface area contributed by atoms with Crippen LogP contribution in [0.3, 0.4) is 0 Å². The first kappa shape index (κ1) is 8.70. The number of hydrogen-bond donors (Lipinski definition) is 1. The highest BCUT2D eigenvalue weighted by Crippen LogP contribution is 2.35. The van der Waals surface area contributed by atoms with Crippen molar-refractivity contribution in [3.05, 3.63) is 48.5 Å². The molecule has 2 aromatic carbocycles. The normalized spacial score (nSPS) is 11.5. The molecule has 72 valence electrons. The summed E-state index contributed by atoms with van der Waals surface area (Å²) in [4.78, 5) is 0. The van der Waals surface area contributed by atoms with Gasteiger partial charge in [-0.2, -0.15) is 0 Å². The Labute approximate surface area is 89.1 Å². The minimum Gasteiger partial charge on any atom is -0.504 e. The number of benzene rings is 2. The first-order valence-electron chi connectivity index (χ1n) is 4.82. The Hall–Kier alpha value is -1.59. The lowest BCUT2D eigenvalue weighted by Crippen LogP contribution is -1.74. The van der Waals surface area contributed by atoms with E-state index < -0.39 is 0 Å². The average molecular weight is 212 g/mol. The molecule has 0 unspecified atom stereocenters. The summed E-state index contributed by atoms with van der Waals surface area (Å²) in [5.41, 5.74) is 0.415. The molecule has 0 aliphatic heterocycles. The second-order valence-corrected chi connectivity index (χ2v) is 4.69. The van der Waals surface area contributed by atoms with E-state index in [1.165, 1.54) is 21.3 Å². The molecule has 1 heterocycles. The third kappa shape index (κ3) is 1.36. The summed E-state index contributed by atoms with van der Waals surface area (Å²) in [6.07, 6.45) is 0. The molecule has 0 saturated heterocycles. The van der Waals surface area contributed by atoms with Crippen LogP contribution in [0.25, 0.3) is 21.3 Å². The minimum atomic E-state index is 0.415. The first-order chi connectivity index (χ1) is 7.34. The molecule has 3 aromatic rings. The van der Waals surface area contributed by atoms with Crippen molar-refractivity contribution in [1.82, 2.24) is 0 Å².